The number of carbonyl (C=O) groups excluding carboxylic acids is 3. The third-order valence-corrected chi connectivity index (χ3v) is 5.23. The van der Waals surface area contributed by atoms with Gasteiger partial charge in [0.15, 0.2) is 5.15 Å². The summed E-state index contributed by atoms with van der Waals surface area (Å²) in [5.74, 6) is -0.281. The highest BCUT2D eigenvalue weighted by atomic mass is 35.5. The summed E-state index contributed by atoms with van der Waals surface area (Å²) < 4.78 is 4.87. The molecule has 148 valence electrons. The molecular weight excluding hydrogens is 372 g/mol. The molecule has 2 saturated heterocycles. The maximum Gasteiger partial charge on any atom is 0.290 e. The number of hydrogen-bond acceptors (Lipinski definition) is 5. The van der Waals surface area contributed by atoms with Gasteiger partial charge < -0.3 is 19.6 Å². The standard InChI is InChI=1S/C18H25ClN4O4/c1-11(2)8-23-9-12(6-15(23)24)17(26)22-5-4-18(3,10-22)20-16(25)13-7-14(19)21-27-13/h7,11-12H,4-6,8-10H2,1-3H3,(H,20,25). The summed E-state index contributed by atoms with van der Waals surface area (Å²) in [6.07, 6.45) is 0.893. The molecule has 2 fully saturated rings. The highest BCUT2D eigenvalue weighted by molar-refractivity contribution is 6.29. The van der Waals surface area contributed by atoms with E-state index in [1.807, 2.05) is 6.92 Å². The summed E-state index contributed by atoms with van der Waals surface area (Å²) in [6.45, 7) is 8.09. The van der Waals surface area contributed by atoms with E-state index < -0.39 is 11.4 Å². The van der Waals surface area contributed by atoms with Crippen LogP contribution < -0.4 is 5.32 Å². The third kappa shape index (κ3) is 4.43. The number of likely N-dealkylation sites (tertiary alicyclic amines) is 2. The van der Waals surface area contributed by atoms with Crippen molar-refractivity contribution in [3.05, 3.63) is 17.0 Å². The Morgan fingerprint density at radius 3 is 2.85 bits per heavy atom. The number of rotatable bonds is 5. The molecule has 3 heterocycles. The number of amides is 3. The second-order valence-electron chi connectivity index (χ2n) is 8.13. The molecule has 0 aliphatic carbocycles. The zero-order valence-electron chi connectivity index (χ0n) is 15.8. The summed E-state index contributed by atoms with van der Waals surface area (Å²) in [6, 6.07) is 1.35. The first-order valence-electron chi connectivity index (χ1n) is 9.18. The Morgan fingerprint density at radius 1 is 1.48 bits per heavy atom. The van der Waals surface area contributed by atoms with Crippen molar-refractivity contribution in [2.75, 3.05) is 26.2 Å². The molecule has 2 aliphatic heterocycles. The van der Waals surface area contributed by atoms with Gasteiger partial charge in [-0.3, -0.25) is 14.4 Å². The van der Waals surface area contributed by atoms with Gasteiger partial charge in [0.05, 0.1) is 11.5 Å². The Labute approximate surface area is 163 Å². The van der Waals surface area contributed by atoms with E-state index in [2.05, 4.69) is 24.3 Å². The second kappa shape index (κ2) is 7.50. The van der Waals surface area contributed by atoms with E-state index in [-0.39, 0.29) is 35.1 Å². The lowest BCUT2D eigenvalue weighted by Crippen LogP contribution is -2.49. The van der Waals surface area contributed by atoms with Gasteiger partial charge in [0.2, 0.25) is 17.6 Å². The van der Waals surface area contributed by atoms with Gasteiger partial charge in [-0.25, -0.2) is 0 Å². The summed E-state index contributed by atoms with van der Waals surface area (Å²) in [4.78, 5) is 40.8. The van der Waals surface area contributed by atoms with Gasteiger partial charge in [0, 0.05) is 38.7 Å². The molecule has 2 unspecified atom stereocenters. The molecule has 0 radical (unpaired) electrons. The van der Waals surface area contributed by atoms with Crippen LogP contribution >= 0.6 is 11.6 Å². The summed E-state index contributed by atoms with van der Waals surface area (Å²) in [5, 5.41) is 6.51. The molecule has 0 spiro atoms. The fourth-order valence-electron chi connectivity index (χ4n) is 3.76. The lowest BCUT2D eigenvalue weighted by Gasteiger charge is -2.26. The first-order chi connectivity index (χ1) is 12.7. The molecule has 1 aromatic rings. The first-order valence-corrected chi connectivity index (χ1v) is 9.56. The Morgan fingerprint density at radius 2 is 2.22 bits per heavy atom. The van der Waals surface area contributed by atoms with Crippen molar-refractivity contribution in [3.63, 3.8) is 0 Å². The van der Waals surface area contributed by atoms with Gasteiger partial charge in [-0.15, -0.1) is 0 Å². The SMILES string of the molecule is CC(C)CN1CC(C(=O)N2CCC(C)(NC(=O)c3cc(Cl)no3)C2)CC1=O. The van der Waals surface area contributed by atoms with Crippen LogP contribution in [0.2, 0.25) is 5.15 Å². The number of aromatic nitrogens is 1. The van der Waals surface area contributed by atoms with Crippen LogP contribution in [0.3, 0.4) is 0 Å². The predicted octanol–water partition coefficient (Wildman–Crippen LogP) is 1.55. The zero-order valence-corrected chi connectivity index (χ0v) is 16.6. The van der Waals surface area contributed by atoms with Crippen molar-refractivity contribution >= 4 is 29.3 Å². The number of carbonyl (C=O) groups is 3. The smallest absolute Gasteiger partial charge is 0.290 e. The number of nitrogens with one attached hydrogen (secondary N) is 1. The van der Waals surface area contributed by atoms with E-state index in [9.17, 15) is 14.4 Å². The van der Waals surface area contributed by atoms with Crippen LogP contribution in [-0.4, -0.2) is 64.4 Å². The van der Waals surface area contributed by atoms with Crippen molar-refractivity contribution in [1.29, 1.82) is 0 Å². The highest BCUT2D eigenvalue weighted by Crippen LogP contribution is 2.27. The number of halogens is 1. The normalized spacial score (nSPS) is 25.5. The Hall–Kier alpha value is -2.09. The molecule has 8 nitrogen and oxygen atoms in total. The van der Waals surface area contributed by atoms with Crippen LogP contribution in [0.1, 0.15) is 44.2 Å². The van der Waals surface area contributed by atoms with Crippen molar-refractivity contribution in [2.24, 2.45) is 11.8 Å². The van der Waals surface area contributed by atoms with E-state index in [1.54, 1.807) is 9.80 Å². The minimum absolute atomic E-state index is 0.0183. The molecule has 3 amide bonds. The quantitative estimate of drug-likeness (QED) is 0.814. The van der Waals surface area contributed by atoms with E-state index in [4.69, 9.17) is 16.1 Å². The minimum Gasteiger partial charge on any atom is -0.349 e. The van der Waals surface area contributed by atoms with Gasteiger partial charge >= 0.3 is 0 Å². The first kappa shape index (κ1) is 19.7. The van der Waals surface area contributed by atoms with Crippen LogP contribution in [0.5, 0.6) is 0 Å². The van der Waals surface area contributed by atoms with Crippen LogP contribution in [0, 0.1) is 11.8 Å². The molecular formula is C18H25ClN4O4. The van der Waals surface area contributed by atoms with Gasteiger partial charge in [0.1, 0.15) is 0 Å². The van der Waals surface area contributed by atoms with Crippen LogP contribution in [0.15, 0.2) is 10.6 Å². The van der Waals surface area contributed by atoms with E-state index in [1.165, 1.54) is 6.07 Å². The monoisotopic (exact) mass is 396 g/mol. The van der Waals surface area contributed by atoms with Gasteiger partial charge in [-0.2, -0.15) is 0 Å². The van der Waals surface area contributed by atoms with Crippen LogP contribution in [0.4, 0.5) is 0 Å². The number of nitrogens with zero attached hydrogens (tertiary/aromatic N) is 3. The molecule has 0 saturated carbocycles. The average molecular weight is 397 g/mol. The van der Waals surface area contributed by atoms with E-state index >= 15 is 0 Å². The third-order valence-electron chi connectivity index (χ3n) is 5.05. The molecule has 1 N–H and O–H groups in total. The molecule has 2 atom stereocenters. The minimum atomic E-state index is -0.563. The van der Waals surface area contributed by atoms with Crippen molar-refractivity contribution in [2.45, 2.75) is 39.2 Å². The number of hydrogen-bond donors (Lipinski definition) is 1. The molecule has 3 rings (SSSR count). The molecule has 1 aromatic heterocycles. The predicted molar refractivity (Wildman–Crippen MR) is 98.1 cm³/mol. The fraction of sp³-hybridized carbons (Fsp3) is 0.667. The summed E-state index contributed by atoms with van der Waals surface area (Å²) in [7, 11) is 0. The zero-order chi connectivity index (χ0) is 19.8. The molecule has 2 aliphatic rings. The highest BCUT2D eigenvalue weighted by Gasteiger charge is 2.42. The van der Waals surface area contributed by atoms with E-state index in [0.29, 0.717) is 38.5 Å². The topological polar surface area (TPSA) is 95.8 Å². The van der Waals surface area contributed by atoms with Gasteiger partial charge in [-0.1, -0.05) is 30.6 Å². The summed E-state index contributed by atoms with van der Waals surface area (Å²) in [5.41, 5.74) is -0.563. The van der Waals surface area contributed by atoms with Crippen molar-refractivity contribution in [1.82, 2.24) is 20.3 Å². The molecule has 9 heteroatoms. The molecule has 27 heavy (non-hydrogen) atoms. The van der Waals surface area contributed by atoms with E-state index in [0.717, 1.165) is 0 Å². The average Bonchev–Trinajstić information content (AvgIpc) is 3.27. The van der Waals surface area contributed by atoms with Gasteiger partial charge in [0.25, 0.3) is 5.91 Å². The van der Waals surface area contributed by atoms with Crippen molar-refractivity contribution in [3.8, 4) is 0 Å². The van der Waals surface area contributed by atoms with Crippen molar-refractivity contribution < 1.29 is 18.9 Å². The fourth-order valence-corrected chi connectivity index (χ4v) is 3.89. The Balaban J connectivity index is 1.57. The second-order valence-corrected chi connectivity index (χ2v) is 8.52. The maximum atomic E-state index is 12.9. The Kier molecular flexibility index (Phi) is 5.46. The lowest BCUT2D eigenvalue weighted by molar-refractivity contribution is -0.135. The van der Waals surface area contributed by atoms with Gasteiger partial charge in [-0.05, 0) is 19.3 Å². The molecule has 0 bridgehead atoms. The molecule has 0 aromatic carbocycles. The van der Waals surface area contributed by atoms with Crippen LogP contribution in [0.25, 0.3) is 0 Å². The van der Waals surface area contributed by atoms with Crippen LogP contribution in [-0.2, 0) is 9.59 Å². The maximum absolute atomic E-state index is 12.9. The lowest BCUT2D eigenvalue weighted by atomic mass is 10.0. The summed E-state index contributed by atoms with van der Waals surface area (Å²) >= 11 is 5.68. The largest absolute Gasteiger partial charge is 0.349 e. The Bertz CT molecular complexity index is 749.